The Bertz CT molecular complexity index is 1150. The minimum Gasteiger partial charge on any atom is -0.493 e. The Labute approximate surface area is 196 Å². The number of cyclic esters (lactones) is 1. The summed E-state index contributed by atoms with van der Waals surface area (Å²) < 4.78 is 39.0. The monoisotopic (exact) mass is 468 g/mol. The molecule has 1 saturated heterocycles. The second-order valence-electron chi connectivity index (χ2n) is 8.15. The van der Waals surface area contributed by atoms with Crippen LogP contribution in [0, 0.1) is 11.8 Å². The van der Waals surface area contributed by atoms with Crippen molar-refractivity contribution in [3.8, 4) is 28.7 Å². The number of methoxy groups -OCH3 is 3. The van der Waals surface area contributed by atoms with Crippen molar-refractivity contribution in [1.82, 2.24) is 0 Å². The normalized spacial score (nSPS) is 23.9. The Morgan fingerprint density at radius 2 is 1.62 bits per heavy atom. The molecule has 34 heavy (non-hydrogen) atoms. The van der Waals surface area contributed by atoms with E-state index < -0.39 is 29.8 Å². The molecule has 178 valence electrons. The lowest BCUT2D eigenvalue weighted by atomic mass is 9.66. The predicted octanol–water partition coefficient (Wildman–Crippen LogP) is 3.15. The summed E-state index contributed by atoms with van der Waals surface area (Å²) in [6, 6.07) is 7.28. The van der Waals surface area contributed by atoms with Crippen LogP contribution in [0.1, 0.15) is 28.7 Å². The molecule has 0 amide bonds. The number of esters is 2. The van der Waals surface area contributed by atoms with Gasteiger partial charge in [-0.25, -0.2) is 4.79 Å². The quantitative estimate of drug-likeness (QED) is 0.468. The van der Waals surface area contributed by atoms with Crippen LogP contribution >= 0.6 is 0 Å². The second-order valence-corrected chi connectivity index (χ2v) is 8.15. The van der Waals surface area contributed by atoms with E-state index in [4.69, 9.17) is 33.2 Å². The van der Waals surface area contributed by atoms with E-state index in [-0.39, 0.29) is 19.4 Å². The first-order valence-corrected chi connectivity index (χ1v) is 10.7. The zero-order valence-electron chi connectivity index (χ0n) is 19.0. The highest BCUT2D eigenvalue weighted by Gasteiger charge is 2.54. The smallest absolute Gasteiger partial charge is 0.330 e. The lowest BCUT2D eigenvalue weighted by molar-refractivity contribution is -0.148. The molecule has 2 heterocycles. The van der Waals surface area contributed by atoms with Gasteiger partial charge in [-0.2, -0.15) is 0 Å². The van der Waals surface area contributed by atoms with Crippen molar-refractivity contribution in [2.45, 2.75) is 12.0 Å². The zero-order chi connectivity index (χ0) is 24.0. The standard InChI is InChI=1S/C25H24O9/c1-5-20(26)34-23-14-9-17-16(32-11-33-17)8-13(14)21(22-15(23)10-31-25(22)27)12-6-18(28-2)24(30-4)19(7-12)29-3/h5-9,15,21-23H,1,10-11H2,2-4H3/t15-,21+,22-,23+/m0/s1. The van der Waals surface area contributed by atoms with Gasteiger partial charge in [0.25, 0.3) is 0 Å². The first-order chi connectivity index (χ1) is 16.5. The van der Waals surface area contributed by atoms with E-state index >= 15 is 0 Å². The van der Waals surface area contributed by atoms with Gasteiger partial charge < -0.3 is 33.2 Å². The number of carbonyl (C=O) groups is 2. The van der Waals surface area contributed by atoms with Crippen molar-refractivity contribution in [2.75, 3.05) is 34.7 Å². The Balaban J connectivity index is 1.74. The first kappa shape index (κ1) is 21.9. The molecule has 0 unspecified atom stereocenters. The van der Waals surface area contributed by atoms with E-state index in [0.29, 0.717) is 28.7 Å². The van der Waals surface area contributed by atoms with Crippen molar-refractivity contribution in [3.05, 3.63) is 53.6 Å². The molecule has 0 bridgehead atoms. The molecular weight excluding hydrogens is 444 g/mol. The third-order valence-corrected chi connectivity index (χ3v) is 6.58. The number of rotatable bonds is 6. The van der Waals surface area contributed by atoms with Crippen LogP contribution in [0.15, 0.2) is 36.9 Å². The van der Waals surface area contributed by atoms with Gasteiger partial charge in [-0.15, -0.1) is 0 Å². The summed E-state index contributed by atoms with van der Waals surface area (Å²) in [6.07, 6.45) is 0.384. The van der Waals surface area contributed by atoms with Gasteiger partial charge in [-0.05, 0) is 35.4 Å². The highest BCUT2D eigenvalue weighted by Crippen LogP contribution is 2.56. The van der Waals surface area contributed by atoms with E-state index in [9.17, 15) is 9.59 Å². The SMILES string of the molecule is C=CC(=O)O[C@@H]1c2cc3c(cc2[C@@H](c2cc(OC)c(OC)c(OC)c2)[C@H]2C(=O)OC[C@@H]21)OCO3. The molecule has 1 aliphatic carbocycles. The Morgan fingerprint density at radius 1 is 0.971 bits per heavy atom. The van der Waals surface area contributed by atoms with E-state index in [1.54, 1.807) is 0 Å². The summed E-state index contributed by atoms with van der Waals surface area (Å²) in [5.41, 5.74) is 2.25. The minimum absolute atomic E-state index is 0.0824. The van der Waals surface area contributed by atoms with Crippen molar-refractivity contribution in [3.63, 3.8) is 0 Å². The Hall–Kier alpha value is -3.88. The van der Waals surface area contributed by atoms with Crippen molar-refractivity contribution in [1.29, 1.82) is 0 Å². The highest BCUT2D eigenvalue weighted by atomic mass is 16.7. The molecule has 2 aliphatic heterocycles. The first-order valence-electron chi connectivity index (χ1n) is 10.7. The molecule has 1 fully saturated rings. The Morgan fingerprint density at radius 3 is 2.21 bits per heavy atom. The Kier molecular flexibility index (Phi) is 5.47. The maximum atomic E-state index is 13.0. The average Bonchev–Trinajstić information content (AvgIpc) is 3.48. The number of ether oxygens (including phenoxy) is 7. The molecule has 5 rings (SSSR count). The van der Waals surface area contributed by atoms with Crippen LogP contribution in [0.3, 0.4) is 0 Å². The van der Waals surface area contributed by atoms with E-state index in [1.807, 2.05) is 24.3 Å². The summed E-state index contributed by atoms with van der Waals surface area (Å²) in [4.78, 5) is 25.3. The maximum Gasteiger partial charge on any atom is 0.330 e. The molecule has 0 aromatic heterocycles. The molecule has 0 radical (unpaired) electrons. The highest BCUT2D eigenvalue weighted by molar-refractivity contribution is 5.82. The van der Waals surface area contributed by atoms with E-state index in [2.05, 4.69) is 6.58 Å². The average molecular weight is 468 g/mol. The predicted molar refractivity (Wildman–Crippen MR) is 117 cm³/mol. The fourth-order valence-corrected chi connectivity index (χ4v) is 5.12. The van der Waals surface area contributed by atoms with Gasteiger partial charge in [0.05, 0.1) is 33.9 Å². The van der Waals surface area contributed by atoms with Crippen molar-refractivity contribution < 1.29 is 42.7 Å². The molecular formula is C25H24O9. The van der Waals surface area contributed by atoms with Gasteiger partial charge in [-0.1, -0.05) is 6.58 Å². The molecule has 3 aliphatic rings. The summed E-state index contributed by atoms with van der Waals surface area (Å²) in [7, 11) is 4.59. The molecule has 9 heteroatoms. The van der Waals surface area contributed by atoms with Gasteiger partial charge in [0.2, 0.25) is 12.5 Å². The summed E-state index contributed by atoms with van der Waals surface area (Å²) in [6.45, 7) is 3.70. The van der Waals surface area contributed by atoms with Gasteiger partial charge in [0.1, 0.15) is 6.10 Å². The number of hydrogen-bond donors (Lipinski definition) is 0. The molecule has 0 N–H and O–H groups in total. The van der Waals surface area contributed by atoms with Crippen molar-refractivity contribution in [2.24, 2.45) is 11.8 Å². The van der Waals surface area contributed by atoms with Gasteiger partial charge in [0, 0.05) is 23.5 Å². The molecule has 2 aromatic rings. The van der Waals surface area contributed by atoms with Crippen molar-refractivity contribution >= 4 is 11.9 Å². The molecule has 9 nitrogen and oxygen atoms in total. The summed E-state index contributed by atoms with van der Waals surface area (Å²) >= 11 is 0. The van der Waals surface area contributed by atoms with E-state index in [0.717, 1.165) is 22.8 Å². The third-order valence-electron chi connectivity index (χ3n) is 6.58. The molecule has 0 saturated carbocycles. The minimum atomic E-state index is -0.718. The number of benzene rings is 2. The second kappa shape index (κ2) is 8.48. The van der Waals surface area contributed by atoms with Crippen LogP contribution in [0.5, 0.6) is 28.7 Å². The summed E-state index contributed by atoms with van der Waals surface area (Å²) in [5.74, 6) is 0.0390. The number of carbonyl (C=O) groups excluding carboxylic acids is 2. The zero-order valence-corrected chi connectivity index (χ0v) is 19.0. The molecule has 0 spiro atoms. The van der Waals surface area contributed by atoms with Crippen LogP contribution < -0.4 is 23.7 Å². The van der Waals surface area contributed by atoms with Crippen LogP contribution in [-0.2, 0) is 19.1 Å². The van der Waals surface area contributed by atoms with Crippen LogP contribution in [-0.4, -0.2) is 46.7 Å². The lowest BCUT2D eigenvalue weighted by Crippen LogP contribution is -2.36. The van der Waals surface area contributed by atoms with Crippen LogP contribution in [0.4, 0.5) is 0 Å². The third kappa shape index (κ3) is 3.30. The maximum absolute atomic E-state index is 13.0. The number of hydrogen-bond acceptors (Lipinski definition) is 9. The fraction of sp³-hybridized carbons (Fsp3) is 0.360. The lowest BCUT2D eigenvalue weighted by Gasteiger charge is -2.38. The van der Waals surface area contributed by atoms with Crippen LogP contribution in [0.2, 0.25) is 0 Å². The van der Waals surface area contributed by atoms with Crippen LogP contribution in [0.25, 0.3) is 0 Å². The van der Waals surface area contributed by atoms with Gasteiger partial charge in [-0.3, -0.25) is 4.79 Å². The van der Waals surface area contributed by atoms with Gasteiger partial charge in [0.15, 0.2) is 23.0 Å². The topological polar surface area (TPSA) is 98.8 Å². The fourth-order valence-electron chi connectivity index (χ4n) is 5.12. The van der Waals surface area contributed by atoms with Gasteiger partial charge >= 0.3 is 11.9 Å². The number of fused-ring (bicyclic) bond motifs is 3. The largest absolute Gasteiger partial charge is 0.493 e. The van der Waals surface area contributed by atoms with E-state index in [1.165, 1.54) is 21.3 Å². The molecule has 4 atom stereocenters. The summed E-state index contributed by atoms with van der Waals surface area (Å²) in [5, 5.41) is 0. The molecule has 2 aromatic carbocycles.